The number of benzene rings is 3. The Labute approximate surface area is 208 Å². The van der Waals surface area contributed by atoms with Crippen LogP contribution in [0.4, 0.5) is 16.3 Å². The summed E-state index contributed by atoms with van der Waals surface area (Å²) in [6.07, 6.45) is 1.45. The fourth-order valence-corrected chi connectivity index (χ4v) is 4.00. The van der Waals surface area contributed by atoms with Gasteiger partial charge in [0.2, 0.25) is 11.9 Å². The van der Waals surface area contributed by atoms with E-state index in [0.717, 1.165) is 16.6 Å². The number of rotatable bonds is 7. The number of fused-ring (bicyclic) bond motifs is 1. The normalized spacial score (nSPS) is 11.1. The van der Waals surface area contributed by atoms with Crippen LogP contribution in [0, 0.1) is 5.82 Å². The molecular weight excluding hydrogens is 455 g/mol. The van der Waals surface area contributed by atoms with Crippen molar-refractivity contribution in [3.63, 3.8) is 0 Å². The topological polar surface area (TPSA) is 86.8 Å². The van der Waals surface area contributed by atoms with Crippen LogP contribution in [-0.4, -0.2) is 36.8 Å². The maximum absolute atomic E-state index is 14.9. The zero-order valence-corrected chi connectivity index (χ0v) is 19.9. The van der Waals surface area contributed by atoms with Crippen LogP contribution in [0.15, 0.2) is 85.1 Å². The number of hydrogen-bond acceptors (Lipinski definition) is 5. The molecule has 2 N–H and O–H groups in total. The molecular formula is C28H25FN6O. The minimum absolute atomic E-state index is 0.0977. The van der Waals surface area contributed by atoms with Crippen molar-refractivity contribution in [2.75, 3.05) is 5.32 Å². The number of nitrogens with one attached hydrogen (secondary N) is 2. The largest absolute Gasteiger partial charge is 0.332 e. The lowest BCUT2D eigenvalue weighted by Crippen LogP contribution is -2.37. The Bertz CT molecular complexity index is 1480. The summed E-state index contributed by atoms with van der Waals surface area (Å²) >= 11 is 0. The molecule has 3 aromatic carbocycles. The second-order valence-corrected chi connectivity index (χ2v) is 8.68. The smallest absolute Gasteiger partial charge is 0.258 e. The molecule has 7 nitrogen and oxygen atoms in total. The van der Waals surface area contributed by atoms with Crippen LogP contribution in [0.25, 0.3) is 22.3 Å². The van der Waals surface area contributed by atoms with Crippen LogP contribution in [0.1, 0.15) is 29.8 Å². The number of halogens is 1. The Kier molecular flexibility index (Phi) is 6.40. The van der Waals surface area contributed by atoms with E-state index in [1.807, 2.05) is 68.4 Å². The number of hydrogen-bond donors (Lipinski definition) is 2. The third-order valence-corrected chi connectivity index (χ3v) is 5.85. The second kappa shape index (κ2) is 9.95. The van der Waals surface area contributed by atoms with E-state index in [4.69, 9.17) is 0 Å². The summed E-state index contributed by atoms with van der Waals surface area (Å²) in [6, 6.07) is 23.5. The van der Waals surface area contributed by atoms with Gasteiger partial charge in [-0.25, -0.2) is 19.3 Å². The van der Waals surface area contributed by atoms with Crippen LogP contribution in [0.2, 0.25) is 0 Å². The average Bonchev–Trinajstić information content (AvgIpc) is 3.30. The molecule has 2 heterocycles. The minimum Gasteiger partial charge on any atom is -0.332 e. The molecule has 0 radical (unpaired) electrons. The van der Waals surface area contributed by atoms with Gasteiger partial charge in [-0.2, -0.15) is 0 Å². The molecule has 1 amide bonds. The van der Waals surface area contributed by atoms with Crippen molar-refractivity contribution in [3.05, 3.63) is 102 Å². The molecule has 0 aliphatic heterocycles. The quantitative estimate of drug-likeness (QED) is 0.300. The molecule has 0 spiro atoms. The SMILES string of the molecule is CC(C)N(Cc1ccccc1)C(=O)c1cnc(Nc2nc3ccccc3[nH]2)nc1-c1ccccc1F. The number of amides is 1. The van der Waals surface area contributed by atoms with Crippen LogP contribution < -0.4 is 5.32 Å². The van der Waals surface area contributed by atoms with Crippen LogP contribution in [0.3, 0.4) is 0 Å². The molecule has 0 saturated heterocycles. The van der Waals surface area contributed by atoms with E-state index in [2.05, 4.69) is 25.3 Å². The van der Waals surface area contributed by atoms with E-state index in [9.17, 15) is 9.18 Å². The maximum atomic E-state index is 14.9. The Morgan fingerprint density at radius 2 is 1.69 bits per heavy atom. The molecule has 180 valence electrons. The highest BCUT2D eigenvalue weighted by Gasteiger charge is 2.25. The first-order chi connectivity index (χ1) is 17.5. The highest BCUT2D eigenvalue weighted by molar-refractivity contribution is 6.00. The van der Waals surface area contributed by atoms with Gasteiger partial charge in [0.1, 0.15) is 5.82 Å². The number of H-pyrrole nitrogens is 1. The van der Waals surface area contributed by atoms with Gasteiger partial charge < -0.3 is 9.88 Å². The number of para-hydroxylation sites is 2. The fourth-order valence-electron chi connectivity index (χ4n) is 4.00. The Balaban J connectivity index is 1.54. The van der Waals surface area contributed by atoms with Crippen molar-refractivity contribution < 1.29 is 9.18 Å². The molecule has 5 rings (SSSR count). The number of nitrogens with zero attached hydrogens (tertiary/aromatic N) is 4. The summed E-state index contributed by atoms with van der Waals surface area (Å²) in [5.41, 5.74) is 3.30. The lowest BCUT2D eigenvalue weighted by atomic mass is 10.0. The summed E-state index contributed by atoms with van der Waals surface area (Å²) in [4.78, 5) is 32.1. The molecule has 8 heteroatoms. The van der Waals surface area contributed by atoms with Gasteiger partial charge in [0.05, 0.1) is 22.3 Å². The van der Waals surface area contributed by atoms with E-state index in [1.165, 1.54) is 12.3 Å². The molecule has 0 saturated carbocycles. The Morgan fingerprint density at radius 1 is 0.972 bits per heavy atom. The monoisotopic (exact) mass is 480 g/mol. The highest BCUT2D eigenvalue weighted by Crippen LogP contribution is 2.28. The van der Waals surface area contributed by atoms with Gasteiger partial charge in [-0.05, 0) is 43.7 Å². The fraction of sp³-hybridized carbons (Fsp3) is 0.143. The second-order valence-electron chi connectivity index (χ2n) is 8.68. The summed E-state index contributed by atoms with van der Waals surface area (Å²) in [7, 11) is 0. The molecule has 0 aliphatic carbocycles. The first kappa shape index (κ1) is 23.2. The molecule has 5 aromatic rings. The lowest BCUT2D eigenvalue weighted by Gasteiger charge is -2.27. The average molecular weight is 481 g/mol. The van der Waals surface area contributed by atoms with Gasteiger partial charge >= 0.3 is 0 Å². The van der Waals surface area contributed by atoms with Crippen molar-refractivity contribution in [2.45, 2.75) is 26.4 Å². The van der Waals surface area contributed by atoms with E-state index >= 15 is 0 Å². The number of aromatic nitrogens is 4. The molecule has 0 aliphatic rings. The number of anilines is 2. The lowest BCUT2D eigenvalue weighted by molar-refractivity contribution is 0.0690. The van der Waals surface area contributed by atoms with E-state index in [1.54, 1.807) is 23.1 Å². The van der Waals surface area contributed by atoms with Gasteiger partial charge in [0, 0.05) is 24.3 Å². The zero-order chi connectivity index (χ0) is 25.1. The predicted octanol–water partition coefficient (Wildman–Crippen LogP) is 5.95. The minimum atomic E-state index is -0.473. The van der Waals surface area contributed by atoms with Crippen LogP contribution >= 0.6 is 0 Å². The first-order valence-electron chi connectivity index (χ1n) is 11.7. The molecule has 0 fully saturated rings. The summed E-state index contributed by atoms with van der Waals surface area (Å²) in [5.74, 6) is -0.104. The number of carbonyl (C=O) groups excluding carboxylic acids is 1. The number of aromatic amines is 1. The number of imidazole rings is 1. The Morgan fingerprint density at radius 3 is 2.44 bits per heavy atom. The van der Waals surface area contributed by atoms with Crippen molar-refractivity contribution in [2.24, 2.45) is 0 Å². The van der Waals surface area contributed by atoms with Gasteiger partial charge in [-0.15, -0.1) is 0 Å². The van der Waals surface area contributed by atoms with E-state index in [-0.39, 0.29) is 34.7 Å². The van der Waals surface area contributed by atoms with Crippen molar-refractivity contribution >= 4 is 28.8 Å². The summed E-state index contributed by atoms with van der Waals surface area (Å²) < 4.78 is 14.9. The van der Waals surface area contributed by atoms with Crippen molar-refractivity contribution in [1.82, 2.24) is 24.8 Å². The molecule has 0 bridgehead atoms. The van der Waals surface area contributed by atoms with Gasteiger partial charge in [0.25, 0.3) is 5.91 Å². The van der Waals surface area contributed by atoms with E-state index in [0.29, 0.717) is 12.5 Å². The zero-order valence-electron chi connectivity index (χ0n) is 19.9. The number of carbonyl (C=O) groups is 1. The van der Waals surface area contributed by atoms with Crippen LogP contribution in [-0.2, 0) is 6.54 Å². The first-order valence-corrected chi connectivity index (χ1v) is 11.7. The maximum Gasteiger partial charge on any atom is 0.258 e. The van der Waals surface area contributed by atoms with Gasteiger partial charge in [-0.1, -0.05) is 54.6 Å². The molecule has 0 unspecified atom stereocenters. The predicted molar refractivity (Wildman–Crippen MR) is 138 cm³/mol. The Hall–Kier alpha value is -4.59. The van der Waals surface area contributed by atoms with Gasteiger partial charge in [-0.3, -0.25) is 10.1 Å². The summed E-state index contributed by atoms with van der Waals surface area (Å²) in [6.45, 7) is 4.30. The van der Waals surface area contributed by atoms with E-state index < -0.39 is 5.82 Å². The molecule has 36 heavy (non-hydrogen) atoms. The van der Waals surface area contributed by atoms with Crippen molar-refractivity contribution in [1.29, 1.82) is 0 Å². The third-order valence-electron chi connectivity index (χ3n) is 5.85. The van der Waals surface area contributed by atoms with Crippen molar-refractivity contribution in [3.8, 4) is 11.3 Å². The standard InChI is InChI=1S/C28H25FN6O/c1-18(2)35(17-19-10-4-3-5-11-19)26(36)21-16-30-27(33-25(21)20-12-6-7-13-22(20)29)34-28-31-23-14-8-9-15-24(23)32-28/h3-16,18H,17H2,1-2H3,(H2,30,31,32,33,34). The summed E-state index contributed by atoms with van der Waals surface area (Å²) in [5, 5.41) is 3.04. The van der Waals surface area contributed by atoms with Crippen LogP contribution in [0.5, 0.6) is 0 Å². The highest BCUT2D eigenvalue weighted by atomic mass is 19.1. The third kappa shape index (κ3) is 4.79. The molecule has 2 aromatic heterocycles. The molecule has 0 atom stereocenters. The van der Waals surface area contributed by atoms with Gasteiger partial charge in [0.15, 0.2) is 0 Å².